The summed E-state index contributed by atoms with van der Waals surface area (Å²) >= 11 is 0. The van der Waals surface area contributed by atoms with E-state index < -0.39 is 0 Å². The molecular weight excluding hydrogens is 224 g/mol. The van der Waals surface area contributed by atoms with Crippen LogP contribution in [0.4, 0.5) is 0 Å². The molecule has 2 atom stereocenters. The largest absolute Gasteiger partial charge is 0.340 e. The van der Waals surface area contributed by atoms with Crippen molar-refractivity contribution in [3.05, 3.63) is 35.9 Å². The SMILES string of the molecule is CCCCC(=O)N1C[C@@H](N)[C@H](c2ccccc2)C1. The van der Waals surface area contributed by atoms with E-state index in [9.17, 15) is 4.79 Å². The Kier molecular flexibility index (Phi) is 4.37. The van der Waals surface area contributed by atoms with Crippen LogP contribution in [0.5, 0.6) is 0 Å². The number of unbranched alkanes of at least 4 members (excludes halogenated alkanes) is 1. The fourth-order valence-electron chi connectivity index (χ4n) is 2.57. The van der Waals surface area contributed by atoms with Gasteiger partial charge in [-0.05, 0) is 12.0 Å². The van der Waals surface area contributed by atoms with Crippen LogP contribution >= 0.6 is 0 Å². The number of rotatable bonds is 4. The fraction of sp³-hybridized carbons (Fsp3) is 0.533. The van der Waals surface area contributed by atoms with Gasteiger partial charge >= 0.3 is 0 Å². The standard InChI is InChI=1S/C15H22N2O/c1-2-3-9-15(18)17-10-13(14(16)11-17)12-7-5-4-6-8-12/h4-8,13-14H,2-3,9-11,16H2,1H3/t13-,14+/m0/s1. The molecule has 2 rings (SSSR count). The summed E-state index contributed by atoms with van der Waals surface area (Å²) in [6.07, 6.45) is 2.69. The molecule has 0 unspecified atom stereocenters. The van der Waals surface area contributed by atoms with Crippen molar-refractivity contribution >= 4 is 5.91 Å². The van der Waals surface area contributed by atoms with Gasteiger partial charge < -0.3 is 10.6 Å². The van der Waals surface area contributed by atoms with E-state index in [1.54, 1.807) is 0 Å². The first-order valence-corrected chi connectivity index (χ1v) is 6.80. The van der Waals surface area contributed by atoms with Crippen LogP contribution in [-0.4, -0.2) is 29.9 Å². The molecule has 0 saturated carbocycles. The molecule has 2 N–H and O–H groups in total. The van der Waals surface area contributed by atoms with E-state index in [0.29, 0.717) is 13.0 Å². The van der Waals surface area contributed by atoms with Crippen molar-refractivity contribution in [3.8, 4) is 0 Å². The molecule has 0 spiro atoms. The number of carbonyl (C=O) groups is 1. The Morgan fingerprint density at radius 1 is 1.33 bits per heavy atom. The molecule has 1 aliphatic rings. The molecule has 1 aromatic carbocycles. The molecule has 18 heavy (non-hydrogen) atoms. The first-order valence-electron chi connectivity index (χ1n) is 6.80. The molecule has 0 aliphatic carbocycles. The number of nitrogens with zero attached hydrogens (tertiary/aromatic N) is 1. The van der Waals surface area contributed by atoms with E-state index in [1.165, 1.54) is 5.56 Å². The predicted octanol–water partition coefficient (Wildman–Crippen LogP) is 2.13. The maximum Gasteiger partial charge on any atom is 0.222 e. The fourth-order valence-corrected chi connectivity index (χ4v) is 2.57. The Labute approximate surface area is 109 Å². The Balaban J connectivity index is 1.99. The van der Waals surface area contributed by atoms with Crippen LogP contribution in [0.15, 0.2) is 30.3 Å². The number of hydrogen-bond donors (Lipinski definition) is 1. The van der Waals surface area contributed by atoms with Crippen molar-refractivity contribution < 1.29 is 4.79 Å². The molecule has 3 heteroatoms. The van der Waals surface area contributed by atoms with Gasteiger partial charge in [0.2, 0.25) is 5.91 Å². The Morgan fingerprint density at radius 3 is 2.72 bits per heavy atom. The lowest BCUT2D eigenvalue weighted by atomic mass is 9.95. The van der Waals surface area contributed by atoms with Crippen molar-refractivity contribution in [1.29, 1.82) is 0 Å². The van der Waals surface area contributed by atoms with Crippen molar-refractivity contribution in [2.45, 2.75) is 38.1 Å². The highest BCUT2D eigenvalue weighted by Gasteiger charge is 2.33. The highest BCUT2D eigenvalue weighted by Crippen LogP contribution is 2.26. The summed E-state index contributed by atoms with van der Waals surface area (Å²) in [5.41, 5.74) is 7.42. The van der Waals surface area contributed by atoms with Crippen LogP contribution < -0.4 is 5.73 Å². The number of likely N-dealkylation sites (tertiary alicyclic amines) is 1. The molecule has 1 fully saturated rings. The number of benzene rings is 1. The molecule has 1 heterocycles. The number of hydrogen-bond acceptors (Lipinski definition) is 2. The maximum absolute atomic E-state index is 12.0. The first-order chi connectivity index (χ1) is 8.72. The Morgan fingerprint density at radius 2 is 2.06 bits per heavy atom. The maximum atomic E-state index is 12.0. The van der Waals surface area contributed by atoms with E-state index in [1.807, 2.05) is 23.1 Å². The third-order valence-electron chi connectivity index (χ3n) is 3.69. The average Bonchev–Trinajstić information content (AvgIpc) is 2.79. The monoisotopic (exact) mass is 246 g/mol. The van der Waals surface area contributed by atoms with E-state index >= 15 is 0 Å². The predicted molar refractivity (Wildman–Crippen MR) is 73.3 cm³/mol. The summed E-state index contributed by atoms with van der Waals surface area (Å²) in [6.45, 7) is 3.58. The lowest BCUT2D eigenvalue weighted by Crippen LogP contribution is -2.32. The van der Waals surface area contributed by atoms with Crippen molar-refractivity contribution in [1.82, 2.24) is 4.90 Å². The summed E-state index contributed by atoms with van der Waals surface area (Å²) in [6, 6.07) is 10.3. The molecule has 0 aromatic heterocycles. The van der Waals surface area contributed by atoms with Gasteiger partial charge in [-0.25, -0.2) is 0 Å². The lowest BCUT2D eigenvalue weighted by molar-refractivity contribution is -0.130. The van der Waals surface area contributed by atoms with Crippen LogP contribution in [0.3, 0.4) is 0 Å². The summed E-state index contributed by atoms with van der Waals surface area (Å²) in [4.78, 5) is 13.9. The molecule has 1 aromatic rings. The van der Waals surface area contributed by atoms with E-state index in [0.717, 1.165) is 19.4 Å². The van der Waals surface area contributed by atoms with Crippen molar-refractivity contribution in [3.63, 3.8) is 0 Å². The van der Waals surface area contributed by atoms with Crippen LogP contribution in [-0.2, 0) is 4.79 Å². The van der Waals surface area contributed by atoms with Crippen LogP contribution in [0, 0.1) is 0 Å². The molecule has 98 valence electrons. The van der Waals surface area contributed by atoms with Gasteiger partial charge in [-0.15, -0.1) is 0 Å². The zero-order valence-corrected chi connectivity index (χ0v) is 11.0. The number of nitrogens with two attached hydrogens (primary N) is 1. The van der Waals surface area contributed by atoms with Crippen molar-refractivity contribution in [2.75, 3.05) is 13.1 Å². The van der Waals surface area contributed by atoms with Gasteiger partial charge in [0.05, 0.1) is 0 Å². The second-order valence-electron chi connectivity index (χ2n) is 5.08. The van der Waals surface area contributed by atoms with Gasteiger partial charge in [-0.1, -0.05) is 43.7 Å². The Bertz CT molecular complexity index is 391. The third-order valence-corrected chi connectivity index (χ3v) is 3.69. The molecule has 1 amide bonds. The van der Waals surface area contributed by atoms with Gasteiger partial charge in [-0.2, -0.15) is 0 Å². The zero-order valence-electron chi connectivity index (χ0n) is 11.0. The molecule has 1 saturated heterocycles. The van der Waals surface area contributed by atoms with Gasteiger partial charge in [0.25, 0.3) is 0 Å². The average molecular weight is 246 g/mol. The second-order valence-corrected chi connectivity index (χ2v) is 5.08. The third kappa shape index (κ3) is 2.91. The molecule has 0 radical (unpaired) electrons. The molecule has 3 nitrogen and oxygen atoms in total. The van der Waals surface area contributed by atoms with Crippen molar-refractivity contribution in [2.24, 2.45) is 5.73 Å². The van der Waals surface area contributed by atoms with E-state index in [2.05, 4.69) is 19.1 Å². The number of carbonyl (C=O) groups excluding carboxylic acids is 1. The van der Waals surface area contributed by atoms with Crippen LogP contribution in [0.25, 0.3) is 0 Å². The number of amides is 1. The first kappa shape index (κ1) is 13.1. The van der Waals surface area contributed by atoms with E-state index in [-0.39, 0.29) is 17.9 Å². The highest BCUT2D eigenvalue weighted by molar-refractivity contribution is 5.76. The molecule has 0 bridgehead atoms. The van der Waals surface area contributed by atoms with Crippen LogP contribution in [0.2, 0.25) is 0 Å². The van der Waals surface area contributed by atoms with Gasteiger partial charge in [0, 0.05) is 31.5 Å². The minimum atomic E-state index is 0.0676. The smallest absolute Gasteiger partial charge is 0.222 e. The molecule has 1 aliphatic heterocycles. The second kappa shape index (κ2) is 6.01. The van der Waals surface area contributed by atoms with Gasteiger partial charge in [0.15, 0.2) is 0 Å². The zero-order chi connectivity index (χ0) is 13.0. The minimum Gasteiger partial charge on any atom is -0.340 e. The summed E-state index contributed by atoms with van der Waals surface area (Å²) in [5.74, 6) is 0.544. The molecular formula is C15H22N2O. The lowest BCUT2D eigenvalue weighted by Gasteiger charge is -2.16. The van der Waals surface area contributed by atoms with Gasteiger partial charge in [-0.3, -0.25) is 4.79 Å². The normalized spacial score (nSPS) is 23.3. The highest BCUT2D eigenvalue weighted by atomic mass is 16.2. The topological polar surface area (TPSA) is 46.3 Å². The minimum absolute atomic E-state index is 0.0676. The quantitative estimate of drug-likeness (QED) is 0.884. The van der Waals surface area contributed by atoms with E-state index in [4.69, 9.17) is 5.73 Å². The summed E-state index contributed by atoms with van der Waals surface area (Å²) in [7, 11) is 0. The Hall–Kier alpha value is -1.35. The van der Waals surface area contributed by atoms with Crippen LogP contribution in [0.1, 0.15) is 37.7 Å². The van der Waals surface area contributed by atoms with Gasteiger partial charge in [0.1, 0.15) is 0 Å². The summed E-state index contributed by atoms with van der Waals surface area (Å²) < 4.78 is 0. The summed E-state index contributed by atoms with van der Waals surface area (Å²) in [5, 5.41) is 0.